The molecule has 0 spiro atoms. The largest absolute Gasteiger partial charge is 0.363 e. The Balaban J connectivity index is 1.82. The number of hydrogen-bond acceptors (Lipinski definition) is 2. The molecule has 2 aliphatic heterocycles. The molecule has 1 N–H and O–H groups in total. The summed E-state index contributed by atoms with van der Waals surface area (Å²) in [4.78, 5) is 5.00. The summed E-state index contributed by atoms with van der Waals surface area (Å²) in [6, 6.07) is 0.754. The van der Waals surface area contributed by atoms with Crippen LogP contribution in [0.1, 0.15) is 32.6 Å². The highest BCUT2D eigenvalue weighted by Gasteiger charge is 2.29. The van der Waals surface area contributed by atoms with Gasteiger partial charge in [0.15, 0.2) is 5.11 Å². The summed E-state index contributed by atoms with van der Waals surface area (Å²) < 4.78 is 0. The molecule has 0 amide bonds. The van der Waals surface area contributed by atoms with Crippen molar-refractivity contribution in [3.63, 3.8) is 0 Å². The van der Waals surface area contributed by atoms with E-state index in [4.69, 9.17) is 12.2 Å². The lowest BCUT2D eigenvalue weighted by atomic mass is 10.00. The molecule has 2 fully saturated rings. The molecule has 0 aromatic carbocycles. The number of fused-ring (bicyclic) bond motifs is 1. The second-order valence-electron chi connectivity index (χ2n) is 4.86. The third-order valence-corrected chi connectivity index (χ3v) is 4.05. The monoisotopic (exact) mass is 241 g/mol. The molecule has 0 bridgehead atoms. The fourth-order valence-electron chi connectivity index (χ4n) is 2.68. The van der Waals surface area contributed by atoms with Gasteiger partial charge >= 0.3 is 0 Å². The van der Waals surface area contributed by atoms with Crippen molar-refractivity contribution in [2.24, 2.45) is 0 Å². The minimum Gasteiger partial charge on any atom is -0.363 e. The molecule has 1 atom stereocenters. The summed E-state index contributed by atoms with van der Waals surface area (Å²) in [5, 5.41) is 4.30. The molecule has 0 aromatic rings. The van der Waals surface area contributed by atoms with E-state index in [1.165, 1.54) is 32.4 Å². The first-order valence-electron chi connectivity index (χ1n) is 6.58. The van der Waals surface area contributed by atoms with Crippen molar-refractivity contribution in [2.75, 3.05) is 32.7 Å². The van der Waals surface area contributed by atoms with E-state index >= 15 is 0 Å². The van der Waals surface area contributed by atoms with Gasteiger partial charge in [-0.2, -0.15) is 0 Å². The summed E-state index contributed by atoms with van der Waals surface area (Å²) in [7, 11) is 0. The number of piperidine rings is 1. The molecule has 0 aromatic heterocycles. The Morgan fingerprint density at radius 3 is 3.00 bits per heavy atom. The number of piperazine rings is 1. The molecule has 1 unspecified atom stereocenters. The van der Waals surface area contributed by atoms with E-state index in [1.807, 2.05) is 0 Å². The highest BCUT2D eigenvalue weighted by Crippen LogP contribution is 2.20. The highest BCUT2D eigenvalue weighted by atomic mass is 32.1. The van der Waals surface area contributed by atoms with Gasteiger partial charge in [-0.25, -0.2) is 0 Å². The fraction of sp³-hybridized carbons (Fsp3) is 0.917. The summed E-state index contributed by atoms with van der Waals surface area (Å²) in [5.41, 5.74) is 0. The van der Waals surface area contributed by atoms with Crippen LogP contribution in [0.2, 0.25) is 0 Å². The number of nitrogens with zero attached hydrogens (tertiary/aromatic N) is 2. The Hall–Kier alpha value is -0.350. The smallest absolute Gasteiger partial charge is 0.169 e. The van der Waals surface area contributed by atoms with Crippen molar-refractivity contribution >= 4 is 17.3 Å². The lowest BCUT2D eigenvalue weighted by Crippen LogP contribution is -2.57. The molecule has 2 heterocycles. The molecule has 2 rings (SSSR count). The third kappa shape index (κ3) is 2.86. The Kier molecular flexibility index (Phi) is 4.41. The van der Waals surface area contributed by atoms with Crippen LogP contribution in [0.25, 0.3) is 0 Å². The van der Waals surface area contributed by atoms with E-state index < -0.39 is 0 Å². The molecule has 2 saturated heterocycles. The van der Waals surface area contributed by atoms with Crippen molar-refractivity contribution in [3.8, 4) is 0 Å². The zero-order valence-electron chi connectivity index (χ0n) is 10.2. The Morgan fingerprint density at radius 1 is 1.31 bits per heavy atom. The molecule has 0 radical (unpaired) electrons. The topological polar surface area (TPSA) is 18.5 Å². The predicted octanol–water partition coefficient (Wildman–Crippen LogP) is 1.44. The van der Waals surface area contributed by atoms with E-state index in [-0.39, 0.29) is 0 Å². The van der Waals surface area contributed by atoms with Gasteiger partial charge in [0.05, 0.1) is 0 Å². The summed E-state index contributed by atoms with van der Waals surface area (Å²) in [6.07, 6.45) is 5.27. The van der Waals surface area contributed by atoms with E-state index in [2.05, 4.69) is 22.0 Å². The Morgan fingerprint density at radius 2 is 2.19 bits per heavy atom. The van der Waals surface area contributed by atoms with Crippen LogP contribution in [0.4, 0.5) is 0 Å². The first-order chi connectivity index (χ1) is 7.81. The maximum absolute atomic E-state index is 5.43. The normalized spacial score (nSPS) is 26.3. The first-order valence-corrected chi connectivity index (χ1v) is 6.99. The van der Waals surface area contributed by atoms with Crippen LogP contribution >= 0.6 is 12.2 Å². The second-order valence-corrected chi connectivity index (χ2v) is 5.25. The maximum Gasteiger partial charge on any atom is 0.169 e. The van der Waals surface area contributed by atoms with Crippen LogP contribution in [-0.4, -0.2) is 53.7 Å². The third-order valence-electron chi connectivity index (χ3n) is 3.65. The van der Waals surface area contributed by atoms with Gasteiger partial charge < -0.3 is 10.2 Å². The maximum atomic E-state index is 5.43. The van der Waals surface area contributed by atoms with Crippen LogP contribution in [0.3, 0.4) is 0 Å². The quantitative estimate of drug-likeness (QED) is 0.737. The van der Waals surface area contributed by atoms with Gasteiger partial charge in [0.2, 0.25) is 0 Å². The van der Waals surface area contributed by atoms with E-state index in [1.54, 1.807) is 0 Å². The molecule has 92 valence electrons. The fourth-order valence-corrected chi connectivity index (χ4v) is 2.95. The van der Waals surface area contributed by atoms with Gasteiger partial charge in [0.1, 0.15) is 0 Å². The summed E-state index contributed by atoms with van der Waals surface area (Å²) in [6.45, 7) is 7.91. The predicted molar refractivity (Wildman–Crippen MR) is 71.7 cm³/mol. The number of rotatable bonds is 2. The van der Waals surface area contributed by atoms with Crippen molar-refractivity contribution in [2.45, 2.75) is 38.6 Å². The highest BCUT2D eigenvalue weighted by molar-refractivity contribution is 7.80. The van der Waals surface area contributed by atoms with Gasteiger partial charge in [0, 0.05) is 32.2 Å². The molecule has 4 heteroatoms. The van der Waals surface area contributed by atoms with Gasteiger partial charge in [0.25, 0.3) is 0 Å². The lowest BCUT2D eigenvalue weighted by Gasteiger charge is -2.44. The van der Waals surface area contributed by atoms with Crippen LogP contribution in [-0.2, 0) is 0 Å². The molecule has 16 heavy (non-hydrogen) atoms. The lowest BCUT2D eigenvalue weighted by molar-refractivity contribution is 0.0799. The second kappa shape index (κ2) is 5.82. The van der Waals surface area contributed by atoms with Crippen molar-refractivity contribution in [3.05, 3.63) is 0 Å². The van der Waals surface area contributed by atoms with Gasteiger partial charge in [-0.05, 0) is 38.0 Å². The van der Waals surface area contributed by atoms with E-state index in [0.717, 1.165) is 37.2 Å². The van der Waals surface area contributed by atoms with Gasteiger partial charge in [-0.15, -0.1) is 0 Å². The zero-order chi connectivity index (χ0) is 11.4. The summed E-state index contributed by atoms with van der Waals surface area (Å²) in [5.74, 6) is 0. The molecular weight excluding hydrogens is 218 g/mol. The first kappa shape index (κ1) is 12.1. The van der Waals surface area contributed by atoms with E-state index in [0.29, 0.717) is 0 Å². The van der Waals surface area contributed by atoms with Gasteiger partial charge in [-0.1, -0.05) is 13.3 Å². The zero-order valence-corrected chi connectivity index (χ0v) is 11.1. The molecule has 0 saturated carbocycles. The number of hydrogen-bond donors (Lipinski definition) is 1. The van der Waals surface area contributed by atoms with Crippen molar-refractivity contribution in [1.29, 1.82) is 0 Å². The van der Waals surface area contributed by atoms with Crippen LogP contribution < -0.4 is 5.32 Å². The molecule has 2 aliphatic rings. The average molecular weight is 241 g/mol. The van der Waals surface area contributed by atoms with E-state index in [9.17, 15) is 0 Å². The summed E-state index contributed by atoms with van der Waals surface area (Å²) >= 11 is 5.43. The van der Waals surface area contributed by atoms with Crippen LogP contribution in [0, 0.1) is 0 Å². The minimum atomic E-state index is 0.754. The van der Waals surface area contributed by atoms with Crippen LogP contribution in [0.15, 0.2) is 0 Å². The Labute approximate surface area is 104 Å². The van der Waals surface area contributed by atoms with Gasteiger partial charge in [-0.3, -0.25) is 4.90 Å². The van der Waals surface area contributed by atoms with Crippen molar-refractivity contribution in [1.82, 2.24) is 15.1 Å². The molecule has 0 aliphatic carbocycles. The average Bonchev–Trinajstić information content (AvgIpc) is 2.35. The minimum absolute atomic E-state index is 0.754. The van der Waals surface area contributed by atoms with Crippen molar-refractivity contribution < 1.29 is 0 Å². The number of nitrogens with one attached hydrogen (secondary N) is 1. The SMILES string of the molecule is CCCNC(=S)N1CCN2CCCCC2C1. The number of thiocarbonyl (C=S) groups is 1. The standard InChI is InChI=1S/C12H23N3S/c1-2-6-13-12(16)15-9-8-14-7-4-3-5-11(14)10-15/h11H,2-10H2,1H3,(H,13,16). The molecule has 3 nitrogen and oxygen atoms in total. The van der Waals surface area contributed by atoms with Crippen LogP contribution in [0.5, 0.6) is 0 Å². The molecular formula is C12H23N3S. The Bertz CT molecular complexity index is 244.